The molecule has 2 N–H and O–H groups in total. The van der Waals surface area contributed by atoms with Crippen LogP contribution < -0.4 is 10.5 Å². The summed E-state index contributed by atoms with van der Waals surface area (Å²) in [5.41, 5.74) is 6.87. The van der Waals surface area contributed by atoms with Crippen LogP contribution in [0.4, 0.5) is 0 Å². The van der Waals surface area contributed by atoms with Gasteiger partial charge in [-0.05, 0) is 31.2 Å². The maximum absolute atomic E-state index is 12.8. The van der Waals surface area contributed by atoms with Crippen LogP contribution in [0.25, 0.3) is 10.9 Å². The van der Waals surface area contributed by atoms with Gasteiger partial charge < -0.3 is 10.5 Å². The van der Waals surface area contributed by atoms with Gasteiger partial charge in [0.2, 0.25) is 0 Å². The first-order chi connectivity index (χ1) is 11.1. The summed E-state index contributed by atoms with van der Waals surface area (Å²) in [6.45, 7) is 2.41. The lowest BCUT2D eigenvalue weighted by molar-refractivity contribution is 0.0964. The average molecular weight is 308 g/mol. The number of aromatic nitrogens is 1. The SMILES string of the molecule is CCOc1cccc(C(=O)n2cc(C(N)=O)c3ccccc32)c1. The summed E-state index contributed by atoms with van der Waals surface area (Å²) < 4.78 is 6.87. The second-order valence-electron chi connectivity index (χ2n) is 5.06. The molecule has 0 saturated heterocycles. The molecule has 0 radical (unpaired) electrons. The van der Waals surface area contributed by atoms with Crippen molar-refractivity contribution in [3.63, 3.8) is 0 Å². The van der Waals surface area contributed by atoms with Crippen LogP contribution in [-0.2, 0) is 0 Å². The molecule has 3 rings (SSSR count). The van der Waals surface area contributed by atoms with Crippen molar-refractivity contribution in [3.8, 4) is 5.75 Å². The van der Waals surface area contributed by atoms with Gasteiger partial charge in [-0.3, -0.25) is 14.2 Å². The van der Waals surface area contributed by atoms with Gasteiger partial charge in [0.05, 0.1) is 17.7 Å². The van der Waals surface area contributed by atoms with E-state index in [0.717, 1.165) is 0 Å². The third-order valence-corrected chi connectivity index (χ3v) is 3.59. The maximum atomic E-state index is 12.8. The Labute approximate surface area is 133 Å². The van der Waals surface area contributed by atoms with Gasteiger partial charge in [0.25, 0.3) is 11.8 Å². The monoisotopic (exact) mass is 308 g/mol. The van der Waals surface area contributed by atoms with Gasteiger partial charge in [-0.1, -0.05) is 24.3 Å². The Bertz CT molecular complexity index is 896. The van der Waals surface area contributed by atoms with E-state index in [-0.39, 0.29) is 5.91 Å². The van der Waals surface area contributed by atoms with Crippen molar-refractivity contribution in [3.05, 3.63) is 65.9 Å². The Morgan fingerprint density at radius 1 is 1.13 bits per heavy atom. The van der Waals surface area contributed by atoms with Crippen molar-refractivity contribution < 1.29 is 14.3 Å². The lowest BCUT2D eigenvalue weighted by atomic mass is 10.1. The lowest BCUT2D eigenvalue weighted by Crippen LogP contribution is -2.13. The molecule has 0 aliphatic rings. The Balaban J connectivity index is 2.11. The largest absolute Gasteiger partial charge is 0.494 e. The molecular weight excluding hydrogens is 292 g/mol. The molecule has 0 aliphatic carbocycles. The fourth-order valence-corrected chi connectivity index (χ4v) is 2.57. The van der Waals surface area contributed by atoms with Crippen molar-refractivity contribution in [2.75, 3.05) is 6.61 Å². The quantitative estimate of drug-likeness (QED) is 0.805. The van der Waals surface area contributed by atoms with Gasteiger partial charge in [0.15, 0.2) is 0 Å². The van der Waals surface area contributed by atoms with Gasteiger partial charge in [0.1, 0.15) is 5.75 Å². The Morgan fingerprint density at radius 2 is 1.91 bits per heavy atom. The fraction of sp³-hybridized carbons (Fsp3) is 0.111. The molecule has 1 aromatic heterocycles. The van der Waals surface area contributed by atoms with E-state index in [4.69, 9.17) is 10.5 Å². The summed E-state index contributed by atoms with van der Waals surface area (Å²) in [6.07, 6.45) is 1.49. The molecule has 0 aliphatic heterocycles. The van der Waals surface area contributed by atoms with E-state index in [0.29, 0.717) is 34.4 Å². The van der Waals surface area contributed by atoms with E-state index in [9.17, 15) is 9.59 Å². The number of amides is 1. The minimum absolute atomic E-state index is 0.241. The van der Waals surface area contributed by atoms with Gasteiger partial charge in [0, 0.05) is 17.1 Å². The number of rotatable bonds is 4. The number of carbonyl (C=O) groups is 2. The predicted molar refractivity (Wildman–Crippen MR) is 87.8 cm³/mol. The zero-order valence-electron chi connectivity index (χ0n) is 12.7. The normalized spacial score (nSPS) is 10.7. The molecule has 0 bridgehead atoms. The molecule has 1 amide bonds. The van der Waals surface area contributed by atoms with Crippen molar-refractivity contribution in [1.29, 1.82) is 0 Å². The van der Waals surface area contributed by atoms with Crippen molar-refractivity contribution in [1.82, 2.24) is 4.57 Å². The molecular formula is C18H16N2O3. The zero-order chi connectivity index (χ0) is 16.4. The summed E-state index contributed by atoms with van der Waals surface area (Å²) >= 11 is 0. The molecule has 23 heavy (non-hydrogen) atoms. The summed E-state index contributed by atoms with van der Waals surface area (Å²) in [4.78, 5) is 24.4. The standard InChI is InChI=1S/C18H16N2O3/c1-2-23-13-7-5-6-12(10-13)18(22)20-11-15(17(19)21)14-8-3-4-9-16(14)20/h3-11H,2H2,1H3,(H2,19,21). The molecule has 3 aromatic rings. The number of carbonyl (C=O) groups excluding carboxylic acids is 2. The average Bonchev–Trinajstić information content (AvgIpc) is 2.95. The second kappa shape index (κ2) is 5.96. The zero-order valence-corrected chi connectivity index (χ0v) is 12.7. The first-order valence-electron chi connectivity index (χ1n) is 7.29. The first kappa shape index (κ1) is 14.8. The maximum Gasteiger partial charge on any atom is 0.262 e. The van der Waals surface area contributed by atoms with Gasteiger partial charge >= 0.3 is 0 Å². The van der Waals surface area contributed by atoms with Crippen LogP contribution in [0.1, 0.15) is 27.6 Å². The molecule has 0 unspecified atom stereocenters. The predicted octanol–water partition coefficient (Wildman–Crippen LogP) is 2.83. The van der Waals surface area contributed by atoms with E-state index >= 15 is 0 Å². The van der Waals surface area contributed by atoms with E-state index in [2.05, 4.69) is 0 Å². The van der Waals surface area contributed by atoms with Crippen molar-refractivity contribution in [2.24, 2.45) is 5.73 Å². The Morgan fingerprint density at radius 3 is 2.65 bits per heavy atom. The Kier molecular flexibility index (Phi) is 3.85. The number of ether oxygens (including phenoxy) is 1. The highest BCUT2D eigenvalue weighted by Gasteiger charge is 2.17. The highest BCUT2D eigenvalue weighted by atomic mass is 16.5. The van der Waals surface area contributed by atoms with Gasteiger partial charge in [-0.25, -0.2) is 0 Å². The topological polar surface area (TPSA) is 74.3 Å². The summed E-state index contributed by atoms with van der Waals surface area (Å²) in [7, 11) is 0. The second-order valence-corrected chi connectivity index (χ2v) is 5.06. The molecule has 0 saturated carbocycles. The number of hydrogen-bond acceptors (Lipinski definition) is 3. The molecule has 1 heterocycles. The molecule has 0 atom stereocenters. The fourth-order valence-electron chi connectivity index (χ4n) is 2.57. The Hall–Kier alpha value is -3.08. The third-order valence-electron chi connectivity index (χ3n) is 3.59. The van der Waals surface area contributed by atoms with Crippen LogP contribution in [0.5, 0.6) is 5.75 Å². The number of primary amides is 1. The number of fused-ring (bicyclic) bond motifs is 1. The minimum Gasteiger partial charge on any atom is -0.494 e. The van der Waals surface area contributed by atoms with Crippen LogP contribution in [0.15, 0.2) is 54.7 Å². The number of hydrogen-bond donors (Lipinski definition) is 1. The molecule has 5 heteroatoms. The molecule has 0 spiro atoms. The highest BCUT2D eigenvalue weighted by molar-refractivity contribution is 6.11. The molecule has 2 aromatic carbocycles. The number of nitrogens with two attached hydrogens (primary N) is 1. The minimum atomic E-state index is -0.559. The van der Waals surface area contributed by atoms with E-state index in [1.807, 2.05) is 13.0 Å². The van der Waals surface area contributed by atoms with E-state index < -0.39 is 5.91 Å². The third kappa shape index (κ3) is 2.68. The molecule has 5 nitrogen and oxygen atoms in total. The van der Waals surface area contributed by atoms with Crippen molar-refractivity contribution in [2.45, 2.75) is 6.92 Å². The van der Waals surface area contributed by atoms with Crippen LogP contribution in [0.3, 0.4) is 0 Å². The van der Waals surface area contributed by atoms with Crippen LogP contribution in [0, 0.1) is 0 Å². The van der Waals surface area contributed by atoms with Gasteiger partial charge in [-0.2, -0.15) is 0 Å². The summed E-state index contributed by atoms with van der Waals surface area (Å²) in [5, 5.41) is 0.661. The van der Waals surface area contributed by atoms with Crippen LogP contribution in [-0.4, -0.2) is 23.0 Å². The van der Waals surface area contributed by atoms with Crippen LogP contribution >= 0.6 is 0 Å². The summed E-state index contributed by atoms with van der Waals surface area (Å²) in [5.74, 6) is -0.170. The van der Waals surface area contributed by atoms with Crippen LogP contribution in [0.2, 0.25) is 0 Å². The van der Waals surface area contributed by atoms with Gasteiger partial charge in [-0.15, -0.1) is 0 Å². The molecule has 116 valence electrons. The highest BCUT2D eigenvalue weighted by Crippen LogP contribution is 2.23. The first-order valence-corrected chi connectivity index (χ1v) is 7.29. The number of para-hydroxylation sites is 1. The van der Waals surface area contributed by atoms with E-state index in [1.54, 1.807) is 42.5 Å². The number of nitrogens with zero attached hydrogens (tertiary/aromatic N) is 1. The molecule has 0 fully saturated rings. The summed E-state index contributed by atoms with van der Waals surface area (Å²) in [6, 6.07) is 14.1. The number of benzene rings is 2. The van der Waals surface area contributed by atoms with Crippen molar-refractivity contribution >= 4 is 22.7 Å². The smallest absolute Gasteiger partial charge is 0.262 e. The van der Waals surface area contributed by atoms with E-state index in [1.165, 1.54) is 10.8 Å². The lowest BCUT2D eigenvalue weighted by Gasteiger charge is -2.07.